The van der Waals surface area contributed by atoms with Gasteiger partial charge >= 0.3 is 5.97 Å². The second-order valence-corrected chi connectivity index (χ2v) is 4.83. The first-order valence-corrected chi connectivity index (χ1v) is 6.22. The summed E-state index contributed by atoms with van der Waals surface area (Å²) in [6.45, 7) is 0.524. The summed E-state index contributed by atoms with van der Waals surface area (Å²) >= 11 is 5.85. The molecule has 18 heavy (non-hydrogen) atoms. The van der Waals surface area contributed by atoms with E-state index in [1.807, 2.05) is 6.07 Å². The molecule has 1 fully saturated rings. The average Bonchev–Trinajstić information content (AvgIpc) is 2.77. The highest BCUT2D eigenvalue weighted by molar-refractivity contribution is 6.30. The third kappa shape index (κ3) is 2.82. The highest BCUT2D eigenvalue weighted by atomic mass is 35.5. The Labute approximate surface area is 110 Å². The molecule has 0 unspecified atom stereocenters. The number of carbonyl (C=O) groups excluding carboxylic acids is 1. The molecule has 0 radical (unpaired) electrons. The molecule has 1 aromatic rings. The molecule has 1 heterocycles. The van der Waals surface area contributed by atoms with Crippen molar-refractivity contribution in [3.05, 3.63) is 34.9 Å². The van der Waals surface area contributed by atoms with Crippen LogP contribution in [-0.2, 0) is 16.0 Å². The van der Waals surface area contributed by atoms with Crippen LogP contribution in [0.15, 0.2) is 24.3 Å². The zero-order valence-electron chi connectivity index (χ0n) is 9.80. The molecule has 96 valence electrons. The van der Waals surface area contributed by atoms with Crippen molar-refractivity contribution in [2.75, 3.05) is 6.54 Å². The van der Waals surface area contributed by atoms with Crippen molar-refractivity contribution in [2.45, 2.75) is 25.3 Å². The van der Waals surface area contributed by atoms with Crippen molar-refractivity contribution in [1.82, 2.24) is 4.90 Å². The Kier molecular flexibility index (Phi) is 3.87. The summed E-state index contributed by atoms with van der Waals surface area (Å²) in [7, 11) is 0. The van der Waals surface area contributed by atoms with E-state index in [4.69, 9.17) is 16.7 Å². The largest absolute Gasteiger partial charge is 0.480 e. The molecule has 1 aromatic carbocycles. The minimum absolute atomic E-state index is 0.151. The van der Waals surface area contributed by atoms with E-state index in [0.29, 0.717) is 18.0 Å². The Morgan fingerprint density at radius 1 is 1.44 bits per heavy atom. The van der Waals surface area contributed by atoms with Crippen LogP contribution >= 0.6 is 11.6 Å². The normalized spacial score (nSPS) is 18.9. The van der Waals surface area contributed by atoms with Gasteiger partial charge in [-0.3, -0.25) is 4.79 Å². The van der Waals surface area contributed by atoms with E-state index in [1.54, 1.807) is 18.2 Å². The molecule has 0 bridgehead atoms. The third-order valence-electron chi connectivity index (χ3n) is 3.10. The number of benzene rings is 1. The van der Waals surface area contributed by atoms with Crippen molar-refractivity contribution >= 4 is 23.5 Å². The molecule has 0 saturated carbocycles. The summed E-state index contributed by atoms with van der Waals surface area (Å²) in [5.41, 5.74) is 0.809. The van der Waals surface area contributed by atoms with Crippen LogP contribution in [0.2, 0.25) is 5.02 Å². The Morgan fingerprint density at radius 3 is 2.89 bits per heavy atom. The second-order valence-electron chi connectivity index (χ2n) is 4.39. The van der Waals surface area contributed by atoms with Gasteiger partial charge < -0.3 is 10.0 Å². The van der Waals surface area contributed by atoms with Gasteiger partial charge in [-0.1, -0.05) is 23.7 Å². The summed E-state index contributed by atoms with van der Waals surface area (Å²) in [4.78, 5) is 24.5. The molecule has 0 aliphatic carbocycles. The summed E-state index contributed by atoms with van der Waals surface area (Å²) < 4.78 is 0. The van der Waals surface area contributed by atoms with Crippen LogP contribution in [0.25, 0.3) is 0 Å². The van der Waals surface area contributed by atoms with E-state index in [1.165, 1.54) is 4.90 Å². The number of nitrogens with zero attached hydrogens (tertiary/aromatic N) is 1. The standard InChI is InChI=1S/C13H14ClNO3/c14-10-4-1-3-9(7-10)8-12(16)15-6-2-5-11(15)13(17)18/h1,3-4,7,11H,2,5-6,8H2,(H,17,18)/t11-/m1/s1. The third-order valence-corrected chi connectivity index (χ3v) is 3.34. The highest BCUT2D eigenvalue weighted by Gasteiger charge is 2.33. The van der Waals surface area contributed by atoms with Crippen molar-refractivity contribution in [3.8, 4) is 0 Å². The molecule has 1 saturated heterocycles. The molecule has 0 aromatic heterocycles. The first-order chi connectivity index (χ1) is 8.58. The number of carbonyl (C=O) groups is 2. The van der Waals surface area contributed by atoms with Crippen LogP contribution in [-0.4, -0.2) is 34.5 Å². The molecule has 2 rings (SSSR count). The lowest BCUT2D eigenvalue weighted by atomic mass is 10.1. The maximum Gasteiger partial charge on any atom is 0.326 e. The Balaban J connectivity index is 2.06. The van der Waals surface area contributed by atoms with Crippen LogP contribution in [0.1, 0.15) is 18.4 Å². The van der Waals surface area contributed by atoms with Gasteiger partial charge in [-0.15, -0.1) is 0 Å². The number of carboxylic acid groups (broad SMARTS) is 1. The lowest BCUT2D eigenvalue weighted by Crippen LogP contribution is -2.41. The lowest BCUT2D eigenvalue weighted by molar-refractivity contribution is -0.148. The summed E-state index contributed by atoms with van der Waals surface area (Å²) in [6, 6.07) is 6.40. The van der Waals surface area contributed by atoms with E-state index in [2.05, 4.69) is 0 Å². The van der Waals surface area contributed by atoms with Crippen LogP contribution in [0.4, 0.5) is 0 Å². The average molecular weight is 268 g/mol. The van der Waals surface area contributed by atoms with Crippen molar-refractivity contribution in [3.63, 3.8) is 0 Å². The molecule has 1 aliphatic rings. The van der Waals surface area contributed by atoms with Crippen molar-refractivity contribution < 1.29 is 14.7 Å². The summed E-state index contributed by atoms with van der Waals surface area (Å²) in [5.74, 6) is -1.07. The van der Waals surface area contributed by atoms with Gasteiger partial charge in [0.05, 0.1) is 6.42 Å². The molecule has 1 N–H and O–H groups in total. The summed E-state index contributed by atoms with van der Waals surface area (Å²) in [6.07, 6.45) is 1.49. The molecule has 1 atom stereocenters. The number of rotatable bonds is 3. The molecular weight excluding hydrogens is 254 g/mol. The topological polar surface area (TPSA) is 57.6 Å². The monoisotopic (exact) mass is 267 g/mol. The number of carboxylic acids is 1. The van der Waals surface area contributed by atoms with Crippen molar-refractivity contribution in [2.24, 2.45) is 0 Å². The minimum atomic E-state index is -0.924. The molecule has 5 heteroatoms. The Bertz CT molecular complexity index is 475. The van der Waals surface area contributed by atoms with E-state index in [9.17, 15) is 9.59 Å². The number of likely N-dealkylation sites (tertiary alicyclic amines) is 1. The van der Waals surface area contributed by atoms with Crippen LogP contribution in [0.3, 0.4) is 0 Å². The molecule has 1 aliphatic heterocycles. The van der Waals surface area contributed by atoms with E-state index < -0.39 is 12.0 Å². The maximum atomic E-state index is 12.1. The molecular formula is C13H14ClNO3. The predicted octanol–water partition coefficient (Wildman–Crippen LogP) is 1.96. The van der Waals surface area contributed by atoms with E-state index in [0.717, 1.165) is 12.0 Å². The van der Waals surface area contributed by atoms with Crippen LogP contribution < -0.4 is 0 Å². The van der Waals surface area contributed by atoms with Gasteiger partial charge in [-0.25, -0.2) is 4.79 Å². The van der Waals surface area contributed by atoms with Gasteiger partial charge in [0.2, 0.25) is 5.91 Å². The van der Waals surface area contributed by atoms with Gasteiger partial charge in [-0.2, -0.15) is 0 Å². The second kappa shape index (κ2) is 5.40. The Morgan fingerprint density at radius 2 is 2.22 bits per heavy atom. The number of halogens is 1. The number of aliphatic carboxylic acids is 1. The minimum Gasteiger partial charge on any atom is -0.480 e. The van der Waals surface area contributed by atoms with Gasteiger partial charge in [0, 0.05) is 11.6 Å². The fourth-order valence-electron chi connectivity index (χ4n) is 2.25. The zero-order valence-corrected chi connectivity index (χ0v) is 10.6. The SMILES string of the molecule is O=C(O)[C@H]1CCCN1C(=O)Cc1cccc(Cl)c1. The zero-order chi connectivity index (χ0) is 13.1. The lowest BCUT2D eigenvalue weighted by Gasteiger charge is -2.21. The quantitative estimate of drug-likeness (QED) is 0.911. The van der Waals surface area contributed by atoms with Crippen LogP contribution in [0.5, 0.6) is 0 Å². The summed E-state index contributed by atoms with van der Waals surface area (Å²) in [5, 5.41) is 9.61. The van der Waals surface area contributed by atoms with E-state index >= 15 is 0 Å². The van der Waals surface area contributed by atoms with Crippen LogP contribution in [0, 0.1) is 0 Å². The molecule has 0 spiro atoms. The van der Waals surface area contributed by atoms with Gasteiger partial charge in [0.25, 0.3) is 0 Å². The number of hydrogen-bond acceptors (Lipinski definition) is 2. The molecule has 4 nitrogen and oxygen atoms in total. The number of amides is 1. The van der Waals surface area contributed by atoms with Crippen molar-refractivity contribution in [1.29, 1.82) is 0 Å². The first-order valence-electron chi connectivity index (χ1n) is 5.84. The van der Waals surface area contributed by atoms with E-state index in [-0.39, 0.29) is 12.3 Å². The van der Waals surface area contributed by atoms with Gasteiger partial charge in [-0.05, 0) is 30.5 Å². The fourth-order valence-corrected chi connectivity index (χ4v) is 2.46. The van der Waals surface area contributed by atoms with Gasteiger partial charge in [0.15, 0.2) is 0 Å². The molecule has 1 amide bonds. The Hall–Kier alpha value is -1.55. The fraction of sp³-hybridized carbons (Fsp3) is 0.385. The smallest absolute Gasteiger partial charge is 0.326 e. The van der Waals surface area contributed by atoms with Gasteiger partial charge in [0.1, 0.15) is 6.04 Å². The predicted molar refractivity (Wildman–Crippen MR) is 67.5 cm³/mol. The number of hydrogen-bond donors (Lipinski definition) is 1. The highest BCUT2D eigenvalue weighted by Crippen LogP contribution is 2.19. The maximum absolute atomic E-state index is 12.1. The first kappa shape index (κ1) is 12.9.